The zero-order valence-corrected chi connectivity index (χ0v) is 11.3. The average Bonchev–Trinajstić information content (AvgIpc) is 2.34. The quantitative estimate of drug-likeness (QED) is 0.888. The van der Waals surface area contributed by atoms with E-state index in [1.807, 2.05) is 0 Å². The van der Waals surface area contributed by atoms with Crippen LogP contribution in [0.5, 0.6) is 5.75 Å². The third-order valence-corrected chi connectivity index (χ3v) is 3.32. The van der Waals surface area contributed by atoms with Gasteiger partial charge in [0.2, 0.25) is 0 Å². The maximum absolute atomic E-state index is 13.8. The number of phenolic OH excluding ortho intramolecular Hbond substituents is 1. The van der Waals surface area contributed by atoms with E-state index in [1.165, 1.54) is 6.07 Å². The predicted octanol–water partition coefficient (Wildman–Crippen LogP) is 2.31. The third kappa shape index (κ3) is 3.34. The predicted molar refractivity (Wildman–Crippen MR) is 72.8 cm³/mol. The van der Waals surface area contributed by atoms with E-state index in [0.29, 0.717) is 5.56 Å². The second-order valence-corrected chi connectivity index (χ2v) is 4.42. The number of aromatic hydroxyl groups is 1. The molecule has 0 saturated carbocycles. The molecule has 2 rings (SSSR count). The van der Waals surface area contributed by atoms with Crippen molar-refractivity contribution >= 4 is 12.4 Å². The summed E-state index contributed by atoms with van der Waals surface area (Å²) < 4.78 is 13.8. The fourth-order valence-electron chi connectivity index (χ4n) is 2.45. The van der Waals surface area contributed by atoms with Crippen molar-refractivity contribution in [2.45, 2.75) is 19.4 Å². The lowest BCUT2D eigenvalue weighted by molar-refractivity contribution is 0.166. The molecule has 0 spiro atoms. The van der Waals surface area contributed by atoms with Crippen molar-refractivity contribution in [1.82, 2.24) is 10.2 Å². The monoisotopic (exact) mass is 274 g/mol. The SMILES string of the molecule is CC[C@H](c1ccc(O)cc1F)N1CCNCC1.Cl. The van der Waals surface area contributed by atoms with Gasteiger partial charge in [-0.1, -0.05) is 13.0 Å². The standard InChI is InChI=1S/C13H19FN2O.ClH/c1-2-13(16-7-5-15-6-8-16)11-4-3-10(17)9-12(11)14;/h3-4,9,13,15,17H,2,5-8H2,1H3;1H/t13-;/m1./s1. The fraction of sp³-hybridized carbons (Fsp3) is 0.538. The molecule has 0 radical (unpaired) electrons. The van der Waals surface area contributed by atoms with Crippen molar-refractivity contribution in [1.29, 1.82) is 0 Å². The maximum Gasteiger partial charge on any atom is 0.131 e. The first-order chi connectivity index (χ1) is 8.22. The van der Waals surface area contributed by atoms with Crippen LogP contribution < -0.4 is 5.32 Å². The number of nitrogens with one attached hydrogen (secondary N) is 1. The highest BCUT2D eigenvalue weighted by atomic mass is 35.5. The van der Waals surface area contributed by atoms with Crippen molar-refractivity contribution in [2.75, 3.05) is 26.2 Å². The zero-order chi connectivity index (χ0) is 12.3. The van der Waals surface area contributed by atoms with Crippen molar-refractivity contribution in [3.63, 3.8) is 0 Å². The van der Waals surface area contributed by atoms with Crippen LogP contribution >= 0.6 is 12.4 Å². The Morgan fingerprint density at radius 3 is 2.61 bits per heavy atom. The summed E-state index contributed by atoms with van der Waals surface area (Å²) in [4.78, 5) is 2.30. The molecule has 102 valence electrons. The minimum Gasteiger partial charge on any atom is -0.508 e. The van der Waals surface area contributed by atoms with Gasteiger partial charge >= 0.3 is 0 Å². The normalized spacial score (nSPS) is 18.1. The highest BCUT2D eigenvalue weighted by molar-refractivity contribution is 5.85. The van der Waals surface area contributed by atoms with E-state index in [9.17, 15) is 9.50 Å². The van der Waals surface area contributed by atoms with Crippen LogP contribution in [0.4, 0.5) is 4.39 Å². The first kappa shape index (κ1) is 15.2. The molecule has 18 heavy (non-hydrogen) atoms. The Morgan fingerprint density at radius 2 is 2.06 bits per heavy atom. The van der Waals surface area contributed by atoms with Gasteiger partial charge in [-0.05, 0) is 12.5 Å². The van der Waals surface area contributed by atoms with Crippen LogP contribution in [0.1, 0.15) is 24.9 Å². The first-order valence-electron chi connectivity index (χ1n) is 6.15. The highest BCUT2D eigenvalue weighted by Gasteiger charge is 2.22. The molecule has 0 amide bonds. The Hall–Kier alpha value is -0.840. The van der Waals surface area contributed by atoms with Crippen molar-refractivity contribution in [3.05, 3.63) is 29.6 Å². The van der Waals surface area contributed by atoms with E-state index in [0.717, 1.165) is 32.6 Å². The summed E-state index contributed by atoms with van der Waals surface area (Å²) in [6, 6.07) is 4.56. The Balaban J connectivity index is 0.00000162. The van der Waals surface area contributed by atoms with Crippen LogP contribution in [0.3, 0.4) is 0 Å². The van der Waals surface area contributed by atoms with Gasteiger partial charge in [0.15, 0.2) is 0 Å². The third-order valence-electron chi connectivity index (χ3n) is 3.32. The maximum atomic E-state index is 13.8. The zero-order valence-electron chi connectivity index (χ0n) is 10.5. The van der Waals surface area contributed by atoms with Crippen molar-refractivity contribution in [3.8, 4) is 5.75 Å². The van der Waals surface area contributed by atoms with E-state index in [4.69, 9.17) is 0 Å². The van der Waals surface area contributed by atoms with Crippen LogP contribution in [0.2, 0.25) is 0 Å². The Kier molecular flexibility index (Phi) is 5.85. The van der Waals surface area contributed by atoms with Crippen molar-refractivity contribution < 1.29 is 9.50 Å². The number of hydrogen-bond donors (Lipinski definition) is 2. The molecule has 0 unspecified atom stereocenters. The molecule has 1 heterocycles. The number of benzene rings is 1. The Labute approximate surface area is 113 Å². The molecule has 1 fully saturated rings. The summed E-state index contributed by atoms with van der Waals surface area (Å²) in [7, 11) is 0. The number of hydrogen-bond acceptors (Lipinski definition) is 3. The molecule has 2 N–H and O–H groups in total. The minimum atomic E-state index is -0.310. The second kappa shape index (κ2) is 6.92. The van der Waals surface area contributed by atoms with Gasteiger partial charge in [-0.3, -0.25) is 4.90 Å². The second-order valence-electron chi connectivity index (χ2n) is 4.42. The van der Waals surface area contributed by atoms with Gasteiger partial charge < -0.3 is 10.4 Å². The molecule has 1 aromatic carbocycles. The van der Waals surface area contributed by atoms with Crippen LogP contribution in [0, 0.1) is 5.82 Å². The minimum absolute atomic E-state index is 0. The van der Waals surface area contributed by atoms with E-state index in [1.54, 1.807) is 12.1 Å². The van der Waals surface area contributed by atoms with Gasteiger partial charge in [0.25, 0.3) is 0 Å². The highest BCUT2D eigenvalue weighted by Crippen LogP contribution is 2.28. The number of nitrogens with zero attached hydrogens (tertiary/aromatic N) is 1. The summed E-state index contributed by atoms with van der Waals surface area (Å²) in [5, 5.41) is 12.5. The Bertz CT molecular complexity index is 383. The van der Waals surface area contributed by atoms with Gasteiger partial charge in [0.1, 0.15) is 11.6 Å². The van der Waals surface area contributed by atoms with E-state index in [-0.39, 0.29) is 30.0 Å². The van der Waals surface area contributed by atoms with Crippen LogP contribution in [0.15, 0.2) is 18.2 Å². The molecule has 1 aromatic rings. The summed E-state index contributed by atoms with van der Waals surface area (Å²) in [5.41, 5.74) is 0.687. The van der Waals surface area contributed by atoms with Gasteiger partial charge in [-0.2, -0.15) is 0 Å². The molecule has 0 bridgehead atoms. The van der Waals surface area contributed by atoms with Gasteiger partial charge in [-0.25, -0.2) is 4.39 Å². The molecule has 1 aliphatic heterocycles. The molecule has 0 aromatic heterocycles. The van der Waals surface area contributed by atoms with Gasteiger partial charge in [0, 0.05) is 43.9 Å². The number of rotatable bonds is 3. The molecule has 0 aliphatic carbocycles. The van der Waals surface area contributed by atoms with Crippen LogP contribution in [-0.2, 0) is 0 Å². The fourth-order valence-corrected chi connectivity index (χ4v) is 2.45. The van der Waals surface area contributed by atoms with E-state index >= 15 is 0 Å². The number of phenols is 1. The molecule has 3 nitrogen and oxygen atoms in total. The first-order valence-corrected chi connectivity index (χ1v) is 6.15. The average molecular weight is 275 g/mol. The lowest BCUT2D eigenvalue weighted by Crippen LogP contribution is -2.45. The van der Waals surface area contributed by atoms with E-state index in [2.05, 4.69) is 17.1 Å². The van der Waals surface area contributed by atoms with Crippen LogP contribution in [-0.4, -0.2) is 36.2 Å². The summed E-state index contributed by atoms with van der Waals surface area (Å²) in [5.74, 6) is -0.322. The van der Waals surface area contributed by atoms with Crippen molar-refractivity contribution in [2.24, 2.45) is 0 Å². The van der Waals surface area contributed by atoms with E-state index < -0.39 is 0 Å². The lowest BCUT2D eigenvalue weighted by atomic mass is 10.0. The summed E-state index contributed by atoms with van der Waals surface area (Å²) >= 11 is 0. The number of halogens is 2. The molecule has 1 atom stereocenters. The lowest BCUT2D eigenvalue weighted by Gasteiger charge is -2.34. The summed E-state index contributed by atoms with van der Waals surface area (Å²) in [6.45, 7) is 5.86. The largest absolute Gasteiger partial charge is 0.508 e. The molecule has 5 heteroatoms. The van der Waals surface area contributed by atoms with Gasteiger partial charge in [0.05, 0.1) is 0 Å². The van der Waals surface area contributed by atoms with Crippen LogP contribution in [0.25, 0.3) is 0 Å². The molecule has 1 saturated heterocycles. The Morgan fingerprint density at radius 1 is 1.39 bits per heavy atom. The topological polar surface area (TPSA) is 35.5 Å². The van der Waals surface area contributed by atoms with Gasteiger partial charge in [-0.15, -0.1) is 12.4 Å². The summed E-state index contributed by atoms with van der Waals surface area (Å²) in [6.07, 6.45) is 0.877. The smallest absolute Gasteiger partial charge is 0.131 e. The molecular weight excluding hydrogens is 255 g/mol. The number of piperazine rings is 1. The molecule has 1 aliphatic rings. The molecular formula is C13H20ClFN2O.